The molecule has 0 aliphatic heterocycles. The van der Waals surface area contributed by atoms with Gasteiger partial charge in [-0.15, -0.1) is 11.3 Å². The standard InChI is InChI=1S/C57H39N3S/c1-34-28-35(2)57(36(3)29-34)37-20-26-55-47(30-37)48-33-40(23-27-56(48)61-55)60-53-24-21-38(58-49-16-8-4-12-41(49)42-13-5-9-17-50(42)58)31-45(53)46-32-39(22-25-54(46)60)59-51-18-10-6-14-43(51)44-15-7-11-19-52(44)59/h4-33H,1-3H3. The van der Waals surface area contributed by atoms with Crippen molar-refractivity contribution in [3.63, 3.8) is 0 Å². The van der Waals surface area contributed by atoms with Gasteiger partial charge in [0.1, 0.15) is 0 Å². The van der Waals surface area contributed by atoms with E-state index in [1.165, 1.54) is 113 Å². The summed E-state index contributed by atoms with van der Waals surface area (Å²) in [5.41, 5.74) is 17.2. The van der Waals surface area contributed by atoms with Gasteiger partial charge in [-0.25, -0.2) is 0 Å². The summed E-state index contributed by atoms with van der Waals surface area (Å²) in [5.74, 6) is 0. The van der Waals surface area contributed by atoms with Crippen molar-refractivity contribution in [1.82, 2.24) is 13.7 Å². The van der Waals surface area contributed by atoms with Gasteiger partial charge in [-0.3, -0.25) is 0 Å². The van der Waals surface area contributed by atoms with Crippen LogP contribution in [0.5, 0.6) is 0 Å². The Hall–Kier alpha value is -7.40. The average molecular weight is 798 g/mol. The second kappa shape index (κ2) is 12.8. The first kappa shape index (κ1) is 34.5. The zero-order valence-electron chi connectivity index (χ0n) is 34.1. The van der Waals surface area contributed by atoms with Crippen molar-refractivity contribution >= 4 is 96.9 Å². The van der Waals surface area contributed by atoms with Crippen LogP contribution in [0.3, 0.4) is 0 Å². The largest absolute Gasteiger partial charge is 0.309 e. The van der Waals surface area contributed by atoms with E-state index < -0.39 is 0 Å². The summed E-state index contributed by atoms with van der Waals surface area (Å²) in [6, 6.07) is 68.0. The molecular formula is C57H39N3S. The monoisotopic (exact) mass is 797 g/mol. The van der Waals surface area contributed by atoms with Crippen LogP contribution in [-0.4, -0.2) is 13.7 Å². The van der Waals surface area contributed by atoms with E-state index in [1.807, 2.05) is 11.3 Å². The highest BCUT2D eigenvalue weighted by atomic mass is 32.1. The molecule has 9 aromatic carbocycles. The predicted octanol–water partition coefficient (Wildman–Crippen LogP) is 15.9. The molecule has 13 rings (SSSR count). The van der Waals surface area contributed by atoms with Crippen LogP contribution in [0.4, 0.5) is 0 Å². The Balaban J connectivity index is 1.08. The first-order valence-electron chi connectivity index (χ1n) is 21.1. The molecule has 4 heterocycles. The molecule has 3 nitrogen and oxygen atoms in total. The van der Waals surface area contributed by atoms with Crippen molar-refractivity contribution < 1.29 is 0 Å². The molecule has 0 unspecified atom stereocenters. The van der Waals surface area contributed by atoms with E-state index in [2.05, 4.69) is 216 Å². The van der Waals surface area contributed by atoms with Crippen LogP contribution in [0.25, 0.3) is 114 Å². The molecule has 4 heteroatoms. The van der Waals surface area contributed by atoms with Crippen LogP contribution in [0.15, 0.2) is 182 Å². The molecule has 0 aliphatic rings. The summed E-state index contributed by atoms with van der Waals surface area (Å²) in [5, 5.41) is 10.1. The first-order valence-corrected chi connectivity index (χ1v) is 21.9. The lowest BCUT2D eigenvalue weighted by molar-refractivity contribution is 1.16. The van der Waals surface area contributed by atoms with Crippen LogP contribution >= 0.6 is 11.3 Å². The Morgan fingerprint density at radius 1 is 0.311 bits per heavy atom. The van der Waals surface area contributed by atoms with E-state index in [9.17, 15) is 0 Å². The minimum atomic E-state index is 1.15. The fourth-order valence-corrected chi connectivity index (χ4v) is 11.7. The van der Waals surface area contributed by atoms with Crippen LogP contribution < -0.4 is 0 Å². The minimum absolute atomic E-state index is 1.15. The van der Waals surface area contributed by atoms with Gasteiger partial charge >= 0.3 is 0 Å². The van der Waals surface area contributed by atoms with Crippen LogP contribution in [-0.2, 0) is 0 Å². The lowest BCUT2D eigenvalue weighted by Crippen LogP contribution is -1.96. The van der Waals surface area contributed by atoms with Gasteiger partial charge in [0.2, 0.25) is 0 Å². The van der Waals surface area contributed by atoms with Gasteiger partial charge in [-0.1, -0.05) is 96.6 Å². The zero-order chi connectivity index (χ0) is 40.5. The van der Waals surface area contributed by atoms with Gasteiger partial charge in [0.15, 0.2) is 0 Å². The molecule has 61 heavy (non-hydrogen) atoms. The SMILES string of the molecule is Cc1cc(C)c(-c2ccc3sc4ccc(-n5c6ccc(-n7c8ccccc8c8ccccc87)cc6c6cc(-n7c8ccccc8c8ccccc87)ccc65)cc4c3c2)c(C)c1. The van der Waals surface area contributed by atoms with E-state index >= 15 is 0 Å². The molecule has 0 radical (unpaired) electrons. The predicted molar refractivity (Wildman–Crippen MR) is 262 cm³/mol. The van der Waals surface area contributed by atoms with Crippen LogP contribution in [0.2, 0.25) is 0 Å². The molecule has 0 fully saturated rings. The average Bonchev–Trinajstić information content (AvgIpc) is 4.02. The van der Waals surface area contributed by atoms with E-state index in [0.717, 1.165) is 17.1 Å². The highest BCUT2D eigenvalue weighted by molar-refractivity contribution is 7.25. The van der Waals surface area contributed by atoms with Gasteiger partial charge < -0.3 is 13.7 Å². The summed E-state index contributed by atoms with van der Waals surface area (Å²) >= 11 is 1.88. The number of rotatable bonds is 4. The zero-order valence-corrected chi connectivity index (χ0v) is 34.9. The fraction of sp³-hybridized carbons (Fsp3) is 0.0526. The summed E-state index contributed by atoms with van der Waals surface area (Å²) in [6.45, 7) is 6.67. The molecule has 0 saturated carbocycles. The Bertz CT molecular complexity index is 3680. The van der Waals surface area contributed by atoms with E-state index in [1.54, 1.807) is 0 Å². The van der Waals surface area contributed by atoms with Gasteiger partial charge in [0.25, 0.3) is 0 Å². The maximum atomic E-state index is 2.48. The number of hydrogen-bond acceptors (Lipinski definition) is 1. The maximum Gasteiger partial charge on any atom is 0.0542 e. The van der Waals surface area contributed by atoms with Crippen molar-refractivity contribution in [2.75, 3.05) is 0 Å². The smallest absolute Gasteiger partial charge is 0.0542 e. The number of para-hydroxylation sites is 4. The summed E-state index contributed by atoms with van der Waals surface area (Å²) in [7, 11) is 0. The van der Waals surface area contributed by atoms with Crippen molar-refractivity contribution in [2.45, 2.75) is 20.8 Å². The third-order valence-electron chi connectivity index (χ3n) is 13.1. The Morgan fingerprint density at radius 2 is 0.672 bits per heavy atom. The number of aryl methyl sites for hydroxylation is 3. The van der Waals surface area contributed by atoms with Crippen molar-refractivity contribution in [1.29, 1.82) is 0 Å². The Labute approximate surface area is 356 Å². The van der Waals surface area contributed by atoms with Gasteiger partial charge in [0.05, 0.1) is 33.1 Å². The van der Waals surface area contributed by atoms with Gasteiger partial charge in [0, 0.05) is 69.6 Å². The highest BCUT2D eigenvalue weighted by Crippen LogP contribution is 2.43. The third-order valence-corrected chi connectivity index (χ3v) is 14.2. The summed E-state index contributed by atoms with van der Waals surface area (Å²) < 4.78 is 9.96. The Kier molecular flexibility index (Phi) is 7.23. The second-order valence-electron chi connectivity index (χ2n) is 16.7. The lowest BCUT2D eigenvalue weighted by Gasteiger charge is -2.12. The van der Waals surface area contributed by atoms with E-state index in [0.29, 0.717) is 0 Å². The third kappa shape index (κ3) is 4.97. The summed E-state index contributed by atoms with van der Waals surface area (Å²) in [6.07, 6.45) is 0. The van der Waals surface area contributed by atoms with Crippen molar-refractivity contribution in [3.05, 3.63) is 199 Å². The molecule has 0 aliphatic carbocycles. The molecule has 0 N–H and O–H groups in total. The highest BCUT2D eigenvalue weighted by Gasteiger charge is 2.20. The lowest BCUT2D eigenvalue weighted by atomic mass is 9.93. The Morgan fingerprint density at radius 3 is 1.13 bits per heavy atom. The fourth-order valence-electron chi connectivity index (χ4n) is 10.7. The molecule has 4 aromatic heterocycles. The number of fused-ring (bicyclic) bond motifs is 12. The number of thiophene rings is 1. The quantitative estimate of drug-likeness (QED) is 0.168. The van der Waals surface area contributed by atoms with Gasteiger partial charge in [-0.2, -0.15) is 0 Å². The van der Waals surface area contributed by atoms with Gasteiger partial charge in [-0.05, 0) is 134 Å². The number of benzene rings is 9. The van der Waals surface area contributed by atoms with E-state index in [-0.39, 0.29) is 0 Å². The number of hydrogen-bond donors (Lipinski definition) is 0. The van der Waals surface area contributed by atoms with Crippen LogP contribution in [0, 0.1) is 20.8 Å². The van der Waals surface area contributed by atoms with Crippen molar-refractivity contribution in [2.24, 2.45) is 0 Å². The molecule has 13 aromatic rings. The molecular weight excluding hydrogens is 759 g/mol. The first-order chi connectivity index (χ1) is 30.0. The molecule has 0 amide bonds. The second-order valence-corrected chi connectivity index (χ2v) is 17.8. The van der Waals surface area contributed by atoms with Crippen molar-refractivity contribution in [3.8, 4) is 28.2 Å². The van der Waals surface area contributed by atoms with Crippen LogP contribution in [0.1, 0.15) is 16.7 Å². The number of aromatic nitrogens is 3. The topological polar surface area (TPSA) is 14.8 Å². The number of nitrogens with zero attached hydrogens (tertiary/aromatic N) is 3. The molecule has 0 spiro atoms. The maximum absolute atomic E-state index is 2.48. The molecule has 0 atom stereocenters. The van der Waals surface area contributed by atoms with E-state index in [4.69, 9.17) is 0 Å². The minimum Gasteiger partial charge on any atom is -0.309 e. The normalized spacial score (nSPS) is 12.2. The summed E-state index contributed by atoms with van der Waals surface area (Å²) in [4.78, 5) is 0. The molecule has 0 bridgehead atoms. The molecule has 288 valence electrons. The molecule has 0 saturated heterocycles.